The number of carbonyl (C=O) groups is 1. The molecule has 108 valence electrons. The molecule has 1 saturated carbocycles. The Labute approximate surface area is 122 Å². The number of nitrogens with zero attached hydrogens (tertiary/aromatic N) is 1. The van der Waals surface area contributed by atoms with E-state index in [1.165, 1.54) is 6.07 Å². The van der Waals surface area contributed by atoms with E-state index in [2.05, 4.69) is 15.6 Å². The van der Waals surface area contributed by atoms with E-state index in [0.29, 0.717) is 11.4 Å². The second kappa shape index (κ2) is 5.52. The minimum atomic E-state index is -0.220. The topological polar surface area (TPSA) is 54.0 Å². The second-order valence-corrected chi connectivity index (χ2v) is 5.13. The van der Waals surface area contributed by atoms with E-state index in [9.17, 15) is 9.18 Å². The van der Waals surface area contributed by atoms with E-state index in [-0.39, 0.29) is 23.7 Å². The van der Waals surface area contributed by atoms with Crippen molar-refractivity contribution in [2.75, 3.05) is 12.4 Å². The largest absolute Gasteiger partial charge is 0.366 e. The Kier molecular flexibility index (Phi) is 3.56. The first-order chi connectivity index (χ1) is 10.2. The van der Waals surface area contributed by atoms with Crippen molar-refractivity contribution < 1.29 is 9.18 Å². The van der Waals surface area contributed by atoms with Crippen LogP contribution >= 0.6 is 0 Å². The van der Waals surface area contributed by atoms with Gasteiger partial charge in [0, 0.05) is 25.2 Å². The van der Waals surface area contributed by atoms with E-state index in [1.807, 2.05) is 6.07 Å². The molecule has 0 unspecified atom stereocenters. The molecule has 2 N–H and O–H groups in total. The summed E-state index contributed by atoms with van der Waals surface area (Å²) >= 11 is 0. The predicted molar refractivity (Wildman–Crippen MR) is 78.8 cm³/mol. The molecular formula is C16H16FN3O. The van der Waals surface area contributed by atoms with Crippen LogP contribution in [0.4, 0.5) is 10.2 Å². The Morgan fingerprint density at radius 3 is 2.95 bits per heavy atom. The van der Waals surface area contributed by atoms with E-state index < -0.39 is 0 Å². The minimum Gasteiger partial charge on any atom is -0.366 e. The van der Waals surface area contributed by atoms with Crippen LogP contribution in [0.2, 0.25) is 0 Å². The highest BCUT2D eigenvalue weighted by molar-refractivity contribution is 5.98. The van der Waals surface area contributed by atoms with Gasteiger partial charge < -0.3 is 10.6 Å². The minimum absolute atomic E-state index is 0.173. The van der Waals surface area contributed by atoms with Gasteiger partial charge in [0.15, 0.2) is 0 Å². The van der Waals surface area contributed by atoms with Crippen LogP contribution < -0.4 is 10.6 Å². The van der Waals surface area contributed by atoms with Crippen molar-refractivity contribution in [2.24, 2.45) is 0 Å². The van der Waals surface area contributed by atoms with Crippen LogP contribution in [-0.4, -0.2) is 24.0 Å². The Hall–Kier alpha value is -2.43. The lowest BCUT2D eigenvalue weighted by Crippen LogP contribution is -2.21. The van der Waals surface area contributed by atoms with Crippen LogP contribution in [0.25, 0.3) is 0 Å². The lowest BCUT2D eigenvalue weighted by atomic mass is 10.1. The molecular weight excluding hydrogens is 269 g/mol. The smallest absolute Gasteiger partial charge is 0.254 e. The number of carbonyl (C=O) groups excluding carboxylic acids is 1. The standard InChI is InChI=1S/C16H16FN3O/c1-18-16(21)12-6-3-7-19-15(12)20-14-9-13(14)10-4-2-5-11(17)8-10/h2-8,13-14H,9H2,1H3,(H,18,21)(H,19,20)/t13-,14+/m0/s1. The van der Waals surface area contributed by atoms with Gasteiger partial charge in [-0.3, -0.25) is 4.79 Å². The summed E-state index contributed by atoms with van der Waals surface area (Å²) in [5.41, 5.74) is 1.50. The summed E-state index contributed by atoms with van der Waals surface area (Å²) < 4.78 is 13.2. The Bertz CT molecular complexity index is 674. The van der Waals surface area contributed by atoms with Gasteiger partial charge in [-0.1, -0.05) is 12.1 Å². The van der Waals surface area contributed by atoms with Crippen molar-refractivity contribution in [1.29, 1.82) is 0 Å². The molecule has 1 aromatic carbocycles. The summed E-state index contributed by atoms with van der Waals surface area (Å²) in [6, 6.07) is 10.3. The molecule has 0 spiro atoms. The van der Waals surface area contributed by atoms with Crippen LogP contribution in [-0.2, 0) is 0 Å². The third-order valence-corrected chi connectivity index (χ3v) is 3.67. The lowest BCUT2D eigenvalue weighted by Gasteiger charge is -2.09. The fourth-order valence-corrected chi connectivity index (χ4v) is 2.47. The van der Waals surface area contributed by atoms with Crippen molar-refractivity contribution in [2.45, 2.75) is 18.4 Å². The van der Waals surface area contributed by atoms with Gasteiger partial charge in [-0.15, -0.1) is 0 Å². The summed E-state index contributed by atoms with van der Waals surface area (Å²) in [6.45, 7) is 0. The van der Waals surface area contributed by atoms with Gasteiger partial charge in [0.2, 0.25) is 0 Å². The molecule has 5 heteroatoms. The third-order valence-electron chi connectivity index (χ3n) is 3.67. The van der Waals surface area contributed by atoms with Gasteiger partial charge in [-0.25, -0.2) is 9.37 Å². The fourth-order valence-electron chi connectivity index (χ4n) is 2.47. The zero-order valence-electron chi connectivity index (χ0n) is 11.6. The lowest BCUT2D eigenvalue weighted by molar-refractivity contribution is 0.0963. The fraction of sp³-hybridized carbons (Fsp3) is 0.250. The van der Waals surface area contributed by atoms with Gasteiger partial charge in [0.1, 0.15) is 11.6 Å². The maximum atomic E-state index is 13.2. The normalized spacial score (nSPS) is 19.9. The number of halogens is 1. The summed E-state index contributed by atoms with van der Waals surface area (Å²) in [7, 11) is 1.59. The molecule has 1 amide bonds. The van der Waals surface area contributed by atoms with Crippen molar-refractivity contribution >= 4 is 11.7 Å². The van der Waals surface area contributed by atoms with Crippen molar-refractivity contribution in [3.63, 3.8) is 0 Å². The zero-order valence-corrected chi connectivity index (χ0v) is 11.6. The number of hydrogen-bond donors (Lipinski definition) is 2. The summed E-state index contributed by atoms with van der Waals surface area (Å²) in [5, 5.41) is 5.87. The molecule has 1 aliphatic carbocycles. The highest BCUT2D eigenvalue weighted by atomic mass is 19.1. The number of anilines is 1. The van der Waals surface area contributed by atoms with Gasteiger partial charge in [0.05, 0.1) is 5.56 Å². The maximum Gasteiger partial charge on any atom is 0.254 e. The zero-order chi connectivity index (χ0) is 14.8. The van der Waals surface area contributed by atoms with E-state index >= 15 is 0 Å². The van der Waals surface area contributed by atoms with E-state index in [4.69, 9.17) is 0 Å². The summed E-state index contributed by atoms with van der Waals surface area (Å²) in [5.74, 6) is 0.441. The van der Waals surface area contributed by atoms with Gasteiger partial charge in [0.25, 0.3) is 5.91 Å². The number of hydrogen-bond acceptors (Lipinski definition) is 3. The number of amides is 1. The molecule has 3 rings (SSSR count). The van der Waals surface area contributed by atoms with Gasteiger partial charge in [-0.05, 0) is 36.2 Å². The molecule has 1 aromatic heterocycles. The Morgan fingerprint density at radius 2 is 2.19 bits per heavy atom. The first-order valence-electron chi connectivity index (χ1n) is 6.88. The second-order valence-electron chi connectivity index (χ2n) is 5.13. The highest BCUT2D eigenvalue weighted by Gasteiger charge is 2.39. The van der Waals surface area contributed by atoms with E-state index in [0.717, 1.165) is 12.0 Å². The van der Waals surface area contributed by atoms with Crippen molar-refractivity contribution in [1.82, 2.24) is 10.3 Å². The van der Waals surface area contributed by atoms with Crippen molar-refractivity contribution in [3.05, 3.63) is 59.5 Å². The molecule has 0 radical (unpaired) electrons. The Morgan fingerprint density at radius 1 is 1.33 bits per heavy atom. The number of pyridine rings is 1. The maximum absolute atomic E-state index is 13.2. The molecule has 2 atom stereocenters. The van der Waals surface area contributed by atoms with Crippen LogP contribution in [0.1, 0.15) is 28.3 Å². The van der Waals surface area contributed by atoms with Crippen molar-refractivity contribution in [3.8, 4) is 0 Å². The SMILES string of the molecule is CNC(=O)c1cccnc1N[C@@H]1C[C@H]1c1cccc(F)c1. The first-order valence-corrected chi connectivity index (χ1v) is 6.88. The Balaban J connectivity index is 1.74. The number of nitrogens with one attached hydrogen (secondary N) is 2. The quantitative estimate of drug-likeness (QED) is 0.907. The summed E-state index contributed by atoms with van der Waals surface area (Å²) in [4.78, 5) is 16.0. The highest BCUT2D eigenvalue weighted by Crippen LogP contribution is 2.43. The average molecular weight is 285 g/mol. The number of aromatic nitrogens is 1. The molecule has 1 fully saturated rings. The molecule has 1 heterocycles. The van der Waals surface area contributed by atoms with Crippen LogP contribution in [0.5, 0.6) is 0 Å². The van der Waals surface area contributed by atoms with Crippen LogP contribution in [0.3, 0.4) is 0 Å². The number of benzene rings is 1. The van der Waals surface area contributed by atoms with Crippen LogP contribution in [0.15, 0.2) is 42.6 Å². The third kappa shape index (κ3) is 2.86. The molecule has 0 saturated heterocycles. The average Bonchev–Trinajstić information content (AvgIpc) is 3.26. The molecule has 1 aliphatic rings. The predicted octanol–water partition coefficient (Wildman–Crippen LogP) is 2.55. The monoisotopic (exact) mass is 285 g/mol. The number of rotatable bonds is 4. The molecule has 2 aromatic rings. The van der Waals surface area contributed by atoms with Crippen LogP contribution in [0, 0.1) is 5.82 Å². The van der Waals surface area contributed by atoms with E-state index in [1.54, 1.807) is 37.5 Å². The van der Waals surface area contributed by atoms with Gasteiger partial charge in [-0.2, -0.15) is 0 Å². The molecule has 21 heavy (non-hydrogen) atoms. The van der Waals surface area contributed by atoms with Gasteiger partial charge >= 0.3 is 0 Å². The first kappa shape index (κ1) is 13.5. The molecule has 0 bridgehead atoms. The molecule has 0 aliphatic heterocycles. The summed E-state index contributed by atoms with van der Waals surface area (Å²) in [6.07, 6.45) is 2.56. The molecule has 4 nitrogen and oxygen atoms in total.